The lowest BCUT2D eigenvalue weighted by molar-refractivity contribution is -0.122. The molecule has 0 spiro atoms. The molecule has 1 N–H and O–H groups in total. The predicted octanol–water partition coefficient (Wildman–Crippen LogP) is 3.22. The molecule has 3 amide bonds. The maximum atomic E-state index is 13.7. The number of rotatable bonds is 6. The number of hydrogen-bond acceptors (Lipinski definition) is 5. The number of amides is 3. The first-order chi connectivity index (χ1) is 15.7. The van der Waals surface area contributed by atoms with E-state index in [1.165, 1.54) is 35.5 Å². The molecule has 2 aromatic carbocycles. The molecule has 2 aromatic rings. The van der Waals surface area contributed by atoms with E-state index in [1.807, 2.05) is 19.1 Å². The molecule has 1 aliphatic carbocycles. The number of carbonyl (C=O) groups excluding carboxylic acids is 3. The Balaban J connectivity index is 1.69. The zero-order valence-electron chi connectivity index (χ0n) is 18.7. The fourth-order valence-corrected chi connectivity index (χ4v) is 6.42. The number of sulfonamides is 1. The fraction of sp³-hybridized carbons (Fsp3) is 0.375. The molecule has 0 aromatic heterocycles. The van der Waals surface area contributed by atoms with Crippen molar-refractivity contribution in [2.45, 2.75) is 62.9 Å². The van der Waals surface area contributed by atoms with E-state index < -0.39 is 27.9 Å². The van der Waals surface area contributed by atoms with Crippen LogP contribution in [0.2, 0.25) is 0 Å². The molecule has 1 heterocycles. The van der Waals surface area contributed by atoms with Gasteiger partial charge < -0.3 is 5.32 Å². The average Bonchev–Trinajstić information content (AvgIpc) is 3.38. The van der Waals surface area contributed by atoms with Crippen molar-refractivity contribution in [2.75, 3.05) is 10.2 Å². The fourth-order valence-electron chi connectivity index (χ4n) is 4.59. The summed E-state index contributed by atoms with van der Waals surface area (Å²) < 4.78 is 28.7. The second kappa shape index (κ2) is 9.07. The summed E-state index contributed by atoms with van der Waals surface area (Å²) in [5.74, 6) is -1.19. The van der Waals surface area contributed by atoms with Crippen molar-refractivity contribution in [2.24, 2.45) is 0 Å². The Labute approximate surface area is 193 Å². The van der Waals surface area contributed by atoms with Crippen LogP contribution in [0.15, 0.2) is 53.4 Å². The molecule has 1 unspecified atom stereocenters. The minimum atomic E-state index is -4.06. The number of nitrogens with zero attached hydrogens (tertiary/aromatic N) is 2. The largest absolute Gasteiger partial charge is 0.326 e. The van der Waals surface area contributed by atoms with Gasteiger partial charge in [0.05, 0.1) is 17.0 Å². The highest BCUT2D eigenvalue weighted by atomic mass is 32.2. The summed E-state index contributed by atoms with van der Waals surface area (Å²) in [4.78, 5) is 38.7. The molecule has 174 valence electrons. The second-order valence-corrected chi connectivity index (χ2v) is 10.4. The Bertz CT molecular complexity index is 1170. The Kier molecular flexibility index (Phi) is 6.36. The van der Waals surface area contributed by atoms with Crippen molar-refractivity contribution in [1.29, 1.82) is 0 Å². The molecule has 2 aliphatic rings. The van der Waals surface area contributed by atoms with Gasteiger partial charge in [-0.05, 0) is 56.2 Å². The molecule has 9 heteroatoms. The van der Waals surface area contributed by atoms with E-state index in [1.54, 1.807) is 12.1 Å². The first kappa shape index (κ1) is 23.1. The Morgan fingerprint density at radius 1 is 1.00 bits per heavy atom. The topological polar surface area (TPSA) is 104 Å². The van der Waals surface area contributed by atoms with Crippen molar-refractivity contribution in [3.05, 3.63) is 54.1 Å². The highest BCUT2D eigenvalue weighted by Crippen LogP contribution is 2.35. The Morgan fingerprint density at radius 2 is 1.61 bits per heavy atom. The van der Waals surface area contributed by atoms with Crippen molar-refractivity contribution < 1.29 is 22.8 Å². The van der Waals surface area contributed by atoms with E-state index >= 15 is 0 Å². The quantitative estimate of drug-likeness (QED) is 0.654. The van der Waals surface area contributed by atoms with Gasteiger partial charge in [0.1, 0.15) is 6.04 Å². The van der Waals surface area contributed by atoms with Crippen LogP contribution in [0, 0.1) is 6.92 Å². The van der Waals surface area contributed by atoms with E-state index in [-0.39, 0.29) is 23.3 Å². The summed E-state index contributed by atoms with van der Waals surface area (Å²) in [6.07, 6.45) is 2.84. The number of anilines is 2. The number of nitrogens with one attached hydrogen (secondary N) is 1. The summed E-state index contributed by atoms with van der Waals surface area (Å²) >= 11 is 0. The molecule has 0 radical (unpaired) electrons. The van der Waals surface area contributed by atoms with Crippen molar-refractivity contribution in [3.63, 3.8) is 0 Å². The van der Waals surface area contributed by atoms with Crippen LogP contribution in [-0.2, 0) is 24.4 Å². The van der Waals surface area contributed by atoms with Crippen LogP contribution in [0.1, 0.15) is 44.6 Å². The van der Waals surface area contributed by atoms with Gasteiger partial charge >= 0.3 is 0 Å². The summed E-state index contributed by atoms with van der Waals surface area (Å²) in [6, 6.07) is 11.5. The first-order valence-corrected chi connectivity index (χ1v) is 12.5. The van der Waals surface area contributed by atoms with Gasteiger partial charge in [0.25, 0.3) is 5.91 Å². The summed E-state index contributed by atoms with van der Waals surface area (Å²) in [7, 11) is -4.06. The van der Waals surface area contributed by atoms with Crippen LogP contribution in [0.3, 0.4) is 0 Å². The second-order valence-electron chi connectivity index (χ2n) is 8.60. The molecule has 33 heavy (non-hydrogen) atoms. The smallest absolute Gasteiger partial charge is 0.252 e. The Morgan fingerprint density at radius 3 is 2.18 bits per heavy atom. The number of hydrogen-bond donors (Lipinski definition) is 1. The van der Waals surface area contributed by atoms with E-state index in [0.29, 0.717) is 24.2 Å². The molecule has 2 fully saturated rings. The number of imide groups is 1. The van der Waals surface area contributed by atoms with Gasteiger partial charge in [-0.15, -0.1) is 0 Å². The molecule has 1 atom stereocenters. The van der Waals surface area contributed by atoms with Gasteiger partial charge in [0, 0.05) is 18.7 Å². The molecule has 0 bridgehead atoms. The molecule has 8 nitrogen and oxygen atoms in total. The third-order valence-corrected chi connectivity index (χ3v) is 8.13. The van der Waals surface area contributed by atoms with Gasteiger partial charge in [-0.3, -0.25) is 14.4 Å². The van der Waals surface area contributed by atoms with Crippen LogP contribution in [0.25, 0.3) is 0 Å². The van der Waals surface area contributed by atoms with Crippen LogP contribution >= 0.6 is 0 Å². The molecule has 1 saturated carbocycles. The normalized spacial score (nSPS) is 19.5. The van der Waals surface area contributed by atoms with E-state index in [0.717, 1.165) is 23.3 Å². The summed E-state index contributed by atoms with van der Waals surface area (Å²) in [6.45, 7) is 3.28. The van der Waals surface area contributed by atoms with E-state index in [9.17, 15) is 22.8 Å². The minimum absolute atomic E-state index is 0.0255. The standard InChI is InChI=1S/C24H27N3O5S/c1-16-7-11-19(12-8-16)26-23(29)15-22(24(26)30)27(20-5-3-4-6-20)33(31,32)21-13-9-18(10-14-21)25-17(2)28/h7-14,20,22H,3-6,15H2,1-2H3,(H,25,28). The maximum absolute atomic E-state index is 13.7. The van der Waals surface area contributed by atoms with Crippen LogP contribution in [0.4, 0.5) is 11.4 Å². The first-order valence-electron chi connectivity index (χ1n) is 11.0. The molecule has 1 saturated heterocycles. The van der Waals surface area contributed by atoms with Gasteiger partial charge in [-0.1, -0.05) is 30.5 Å². The molecule has 1 aliphatic heterocycles. The SMILES string of the molecule is CC(=O)Nc1ccc(S(=O)(=O)N(C2CCCC2)C2CC(=O)N(c3ccc(C)cc3)C2=O)cc1. The predicted molar refractivity (Wildman–Crippen MR) is 124 cm³/mol. The van der Waals surface area contributed by atoms with Gasteiger partial charge in [0.2, 0.25) is 21.8 Å². The zero-order valence-corrected chi connectivity index (χ0v) is 19.5. The van der Waals surface area contributed by atoms with Gasteiger partial charge in [0.15, 0.2) is 0 Å². The lowest BCUT2D eigenvalue weighted by Crippen LogP contribution is -2.49. The highest BCUT2D eigenvalue weighted by Gasteiger charge is 2.49. The average molecular weight is 470 g/mol. The lowest BCUT2D eigenvalue weighted by Gasteiger charge is -2.32. The summed E-state index contributed by atoms with van der Waals surface area (Å²) in [5.41, 5.74) is 1.92. The summed E-state index contributed by atoms with van der Waals surface area (Å²) in [5, 5.41) is 2.61. The third-order valence-electron chi connectivity index (χ3n) is 6.16. The molecular formula is C24H27N3O5S. The number of aryl methyl sites for hydroxylation is 1. The van der Waals surface area contributed by atoms with Crippen LogP contribution < -0.4 is 10.2 Å². The van der Waals surface area contributed by atoms with Crippen molar-refractivity contribution in [3.8, 4) is 0 Å². The van der Waals surface area contributed by atoms with Crippen LogP contribution in [-0.4, -0.2) is 42.5 Å². The maximum Gasteiger partial charge on any atom is 0.252 e. The van der Waals surface area contributed by atoms with Gasteiger partial charge in [-0.2, -0.15) is 4.31 Å². The highest BCUT2D eigenvalue weighted by molar-refractivity contribution is 7.89. The lowest BCUT2D eigenvalue weighted by atomic mass is 10.1. The Hall–Kier alpha value is -3.04. The number of benzene rings is 2. The third kappa shape index (κ3) is 4.56. The zero-order chi connectivity index (χ0) is 23.8. The minimum Gasteiger partial charge on any atom is -0.326 e. The molecular weight excluding hydrogens is 442 g/mol. The monoisotopic (exact) mass is 469 g/mol. The van der Waals surface area contributed by atoms with Crippen molar-refractivity contribution in [1.82, 2.24) is 4.31 Å². The van der Waals surface area contributed by atoms with Crippen LogP contribution in [0.5, 0.6) is 0 Å². The van der Waals surface area contributed by atoms with E-state index in [2.05, 4.69) is 5.32 Å². The van der Waals surface area contributed by atoms with Gasteiger partial charge in [-0.25, -0.2) is 13.3 Å². The van der Waals surface area contributed by atoms with Crippen molar-refractivity contribution >= 4 is 39.1 Å². The number of carbonyl (C=O) groups is 3. The van der Waals surface area contributed by atoms with E-state index in [4.69, 9.17) is 0 Å². The molecule has 4 rings (SSSR count).